The zero-order chi connectivity index (χ0) is 20.4. The van der Waals surface area contributed by atoms with Crippen molar-refractivity contribution in [1.29, 1.82) is 0 Å². The van der Waals surface area contributed by atoms with Crippen LogP contribution < -0.4 is 4.72 Å². The quantitative estimate of drug-likeness (QED) is 0.743. The van der Waals surface area contributed by atoms with Gasteiger partial charge in [-0.2, -0.15) is 4.31 Å². The Morgan fingerprint density at radius 2 is 1.71 bits per heavy atom. The zero-order valence-electron chi connectivity index (χ0n) is 16.2. The average molecular weight is 423 g/mol. The van der Waals surface area contributed by atoms with Crippen LogP contribution in [-0.2, 0) is 38.8 Å². The molecule has 0 bridgehead atoms. The molecule has 0 atom stereocenters. The molecule has 0 spiro atoms. The lowest BCUT2D eigenvalue weighted by molar-refractivity contribution is 0.391. The van der Waals surface area contributed by atoms with Gasteiger partial charge in [-0.25, -0.2) is 16.8 Å². The maximum absolute atomic E-state index is 12.5. The van der Waals surface area contributed by atoms with Crippen LogP contribution in [0.3, 0.4) is 0 Å². The summed E-state index contributed by atoms with van der Waals surface area (Å²) in [6.07, 6.45) is 1.21. The molecular weight excluding hydrogens is 396 g/mol. The second-order valence-corrected chi connectivity index (χ2v) is 11.0. The molecule has 6 nitrogen and oxygen atoms in total. The molecule has 152 valence electrons. The molecule has 0 unspecified atom stereocenters. The number of hydrogen-bond donors (Lipinski definition) is 1. The molecule has 2 aromatic rings. The summed E-state index contributed by atoms with van der Waals surface area (Å²) in [5.41, 5.74) is 4.16. The Kier molecular flexibility index (Phi) is 6.12. The van der Waals surface area contributed by atoms with Gasteiger partial charge < -0.3 is 0 Å². The van der Waals surface area contributed by atoms with E-state index in [1.807, 2.05) is 32.0 Å². The molecule has 0 saturated carbocycles. The highest BCUT2D eigenvalue weighted by atomic mass is 32.2. The van der Waals surface area contributed by atoms with E-state index in [2.05, 4.69) is 4.72 Å². The number of fused-ring (bicyclic) bond motifs is 1. The van der Waals surface area contributed by atoms with Crippen molar-refractivity contribution in [2.75, 3.05) is 17.0 Å². The number of nitrogens with one attached hydrogen (secondary N) is 1. The molecule has 1 aliphatic rings. The predicted octanol–water partition coefficient (Wildman–Crippen LogP) is 3.03. The first-order valence-electron chi connectivity index (χ1n) is 9.34. The molecule has 2 aromatic carbocycles. The van der Waals surface area contributed by atoms with E-state index in [0.717, 1.165) is 16.7 Å². The number of hydrogen-bond acceptors (Lipinski definition) is 4. The van der Waals surface area contributed by atoms with Gasteiger partial charge in [0.2, 0.25) is 20.0 Å². The van der Waals surface area contributed by atoms with Crippen molar-refractivity contribution in [3.8, 4) is 0 Å². The van der Waals surface area contributed by atoms with Gasteiger partial charge in [-0.3, -0.25) is 4.72 Å². The number of rotatable bonds is 7. The third kappa shape index (κ3) is 5.12. The minimum absolute atomic E-state index is 0.110. The molecule has 0 radical (unpaired) electrons. The highest BCUT2D eigenvalue weighted by Gasteiger charge is 2.26. The molecule has 1 aliphatic heterocycles. The summed E-state index contributed by atoms with van der Waals surface area (Å²) in [5.74, 6) is 0.0204. The van der Waals surface area contributed by atoms with Crippen LogP contribution in [-0.4, -0.2) is 33.4 Å². The highest BCUT2D eigenvalue weighted by Crippen LogP contribution is 2.25. The van der Waals surface area contributed by atoms with E-state index in [-0.39, 0.29) is 18.1 Å². The van der Waals surface area contributed by atoms with Crippen LogP contribution in [0.4, 0.5) is 5.69 Å². The van der Waals surface area contributed by atoms with Gasteiger partial charge in [0, 0.05) is 18.8 Å². The lowest BCUT2D eigenvalue weighted by Crippen LogP contribution is -2.37. The summed E-state index contributed by atoms with van der Waals surface area (Å²) in [6, 6.07) is 12.7. The first-order valence-corrected chi connectivity index (χ1v) is 12.6. The molecule has 0 aromatic heterocycles. The molecular formula is C20H26N2O4S2. The Labute approximate surface area is 167 Å². The van der Waals surface area contributed by atoms with Gasteiger partial charge in [-0.05, 0) is 48.6 Å². The topological polar surface area (TPSA) is 83.6 Å². The van der Waals surface area contributed by atoms with Gasteiger partial charge in [0.25, 0.3) is 0 Å². The fourth-order valence-electron chi connectivity index (χ4n) is 3.34. The number of aryl methyl sites for hydroxylation is 1. The van der Waals surface area contributed by atoms with Crippen molar-refractivity contribution in [2.24, 2.45) is 0 Å². The number of benzene rings is 2. The van der Waals surface area contributed by atoms with Crippen molar-refractivity contribution in [1.82, 2.24) is 4.31 Å². The minimum atomic E-state index is -3.56. The SMILES string of the molecule is CCCS(=O)(=O)N1CCc2ccc(NS(=O)(=O)Cc3ccc(C)cc3)cc2C1. The van der Waals surface area contributed by atoms with E-state index in [1.54, 1.807) is 24.3 Å². The Morgan fingerprint density at radius 1 is 1.00 bits per heavy atom. The summed E-state index contributed by atoms with van der Waals surface area (Å²) in [4.78, 5) is 0. The van der Waals surface area contributed by atoms with E-state index in [1.165, 1.54) is 4.31 Å². The maximum Gasteiger partial charge on any atom is 0.236 e. The third-order valence-corrected chi connectivity index (χ3v) is 8.07. The van der Waals surface area contributed by atoms with Crippen LogP contribution in [0.2, 0.25) is 0 Å². The molecule has 28 heavy (non-hydrogen) atoms. The fourth-order valence-corrected chi connectivity index (χ4v) is 6.01. The van der Waals surface area contributed by atoms with Crippen molar-refractivity contribution >= 4 is 25.7 Å². The lowest BCUT2D eigenvalue weighted by atomic mass is 10.0. The van der Waals surface area contributed by atoms with Gasteiger partial charge in [0.1, 0.15) is 0 Å². The van der Waals surface area contributed by atoms with Gasteiger partial charge in [-0.15, -0.1) is 0 Å². The van der Waals surface area contributed by atoms with Crippen LogP contribution >= 0.6 is 0 Å². The van der Waals surface area contributed by atoms with Crippen molar-refractivity contribution in [3.63, 3.8) is 0 Å². The van der Waals surface area contributed by atoms with Crippen LogP contribution in [0.15, 0.2) is 42.5 Å². The van der Waals surface area contributed by atoms with Crippen LogP contribution in [0.1, 0.15) is 35.6 Å². The van der Waals surface area contributed by atoms with E-state index in [9.17, 15) is 16.8 Å². The fraction of sp³-hybridized carbons (Fsp3) is 0.400. The Bertz CT molecular complexity index is 1050. The van der Waals surface area contributed by atoms with E-state index >= 15 is 0 Å². The van der Waals surface area contributed by atoms with Crippen LogP contribution in [0.25, 0.3) is 0 Å². The second-order valence-electron chi connectivity index (χ2n) is 7.23. The Hall–Kier alpha value is -1.90. The maximum atomic E-state index is 12.5. The monoisotopic (exact) mass is 422 g/mol. The van der Waals surface area contributed by atoms with Crippen molar-refractivity contribution in [3.05, 3.63) is 64.7 Å². The minimum Gasteiger partial charge on any atom is -0.283 e. The van der Waals surface area contributed by atoms with Crippen molar-refractivity contribution in [2.45, 2.75) is 39.0 Å². The first kappa shape index (κ1) is 20.8. The summed E-state index contributed by atoms with van der Waals surface area (Å²) in [6.45, 7) is 4.54. The number of nitrogens with zero attached hydrogens (tertiary/aromatic N) is 1. The Balaban J connectivity index is 1.75. The molecule has 8 heteroatoms. The van der Waals surface area contributed by atoms with Gasteiger partial charge in [0.15, 0.2) is 0 Å². The number of sulfonamides is 2. The molecule has 0 fully saturated rings. The third-order valence-electron chi connectivity index (χ3n) is 4.79. The van der Waals surface area contributed by atoms with Gasteiger partial charge >= 0.3 is 0 Å². The second kappa shape index (κ2) is 8.23. The molecule has 1 N–H and O–H groups in total. The molecule has 0 amide bonds. The van der Waals surface area contributed by atoms with Crippen LogP contribution in [0, 0.1) is 6.92 Å². The highest BCUT2D eigenvalue weighted by molar-refractivity contribution is 7.91. The largest absolute Gasteiger partial charge is 0.283 e. The Morgan fingerprint density at radius 3 is 2.39 bits per heavy atom. The molecule has 1 heterocycles. The first-order chi connectivity index (χ1) is 13.2. The van der Waals surface area contributed by atoms with E-state index < -0.39 is 20.0 Å². The van der Waals surface area contributed by atoms with Gasteiger partial charge in [0.05, 0.1) is 11.5 Å². The van der Waals surface area contributed by atoms with E-state index in [4.69, 9.17) is 0 Å². The van der Waals surface area contributed by atoms with Crippen molar-refractivity contribution < 1.29 is 16.8 Å². The molecule has 3 rings (SSSR count). The van der Waals surface area contributed by atoms with Crippen LogP contribution in [0.5, 0.6) is 0 Å². The average Bonchev–Trinajstić information content (AvgIpc) is 2.62. The molecule has 0 saturated heterocycles. The zero-order valence-corrected chi connectivity index (χ0v) is 17.8. The summed E-state index contributed by atoms with van der Waals surface area (Å²) >= 11 is 0. The summed E-state index contributed by atoms with van der Waals surface area (Å²) in [5, 5.41) is 0. The number of anilines is 1. The smallest absolute Gasteiger partial charge is 0.236 e. The van der Waals surface area contributed by atoms with Gasteiger partial charge in [-0.1, -0.05) is 42.8 Å². The normalized spacial score (nSPS) is 15.2. The predicted molar refractivity (Wildman–Crippen MR) is 112 cm³/mol. The standard InChI is InChI=1S/C20H26N2O4S2/c1-3-12-28(25,26)22-11-10-18-8-9-20(13-19(18)14-22)21-27(23,24)15-17-6-4-16(2)5-7-17/h4-9,13,21H,3,10-12,14-15H2,1-2H3. The summed E-state index contributed by atoms with van der Waals surface area (Å²) in [7, 11) is -6.83. The van der Waals surface area contributed by atoms with E-state index in [0.29, 0.717) is 30.6 Å². The lowest BCUT2D eigenvalue weighted by Gasteiger charge is -2.28. The summed E-state index contributed by atoms with van der Waals surface area (Å²) < 4.78 is 53.8. The molecule has 0 aliphatic carbocycles.